The zero-order valence-electron chi connectivity index (χ0n) is 13.1. The zero-order chi connectivity index (χ0) is 15.5. The molecule has 0 aliphatic rings. The molecule has 0 spiro atoms. The molecule has 2 aromatic rings. The first-order chi connectivity index (χ1) is 9.97. The molecule has 21 heavy (non-hydrogen) atoms. The number of aromatic nitrogens is 4. The molecule has 0 aliphatic carbocycles. The van der Waals surface area contributed by atoms with Gasteiger partial charge in [0.1, 0.15) is 11.2 Å². The molecule has 2 aromatic heterocycles. The van der Waals surface area contributed by atoms with E-state index in [0.717, 1.165) is 24.2 Å². The van der Waals surface area contributed by atoms with Gasteiger partial charge < -0.3 is 15.0 Å². The van der Waals surface area contributed by atoms with Crippen molar-refractivity contribution < 1.29 is 9.26 Å². The molecule has 2 heterocycles. The van der Waals surface area contributed by atoms with Gasteiger partial charge >= 0.3 is 0 Å². The van der Waals surface area contributed by atoms with Gasteiger partial charge in [-0.1, -0.05) is 19.0 Å². The summed E-state index contributed by atoms with van der Waals surface area (Å²) < 4.78 is 12.6. The van der Waals surface area contributed by atoms with Gasteiger partial charge in [0.15, 0.2) is 5.82 Å². The summed E-state index contributed by atoms with van der Waals surface area (Å²) in [6, 6.07) is 1.94. The summed E-state index contributed by atoms with van der Waals surface area (Å²) in [5.74, 6) is 0.861. The number of rotatable bonds is 7. The lowest BCUT2D eigenvalue weighted by Gasteiger charge is -2.19. The minimum atomic E-state index is -0.775. The Morgan fingerprint density at radius 1 is 1.43 bits per heavy atom. The highest BCUT2D eigenvalue weighted by molar-refractivity contribution is 5.48. The van der Waals surface area contributed by atoms with Gasteiger partial charge in [-0.05, 0) is 25.8 Å². The predicted octanol–water partition coefficient (Wildman–Crippen LogP) is 1.63. The maximum Gasteiger partial charge on any atom is 0.276 e. The van der Waals surface area contributed by atoms with Crippen LogP contribution in [0.2, 0.25) is 0 Å². The maximum absolute atomic E-state index is 6.21. The summed E-state index contributed by atoms with van der Waals surface area (Å²) >= 11 is 0. The molecule has 0 fully saturated rings. The molecule has 0 aliphatic heterocycles. The maximum atomic E-state index is 6.21. The molecule has 116 valence electrons. The van der Waals surface area contributed by atoms with E-state index in [4.69, 9.17) is 15.0 Å². The highest BCUT2D eigenvalue weighted by atomic mass is 16.5. The molecule has 2 N–H and O–H groups in total. The van der Waals surface area contributed by atoms with E-state index >= 15 is 0 Å². The minimum absolute atomic E-state index is 0.353. The SMILES string of the molecule is CCCOCC(C)(N)c1noc(-c2cc(CC)nn2C)n1. The Hall–Kier alpha value is -1.73. The quantitative estimate of drug-likeness (QED) is 0.780. The van der Waals surface area contributed by atoms with Gasteiger partial charge in [-0.2, -0.15) is 10.1 Å². The second-order valence-electron chi connectivity index (χ2n) is 5.39. The smallest absolute Gasteiger partial charge is 0.276 e. The van der Waals surface area contributed by atoms with Gasteiger partial charge in [-0.25, -0.2) is 0 Å². The van der Waals surface area contributed by atoms with Crippen LogP contribution in [-0.2, 0) is 23.7 Å². The fourth-order valence-electron chi connectivity index (χ4n) is 1.95. The van der Waals surface area contributed by atoms with Crippen molar-refractivity contribution in [1.82, 2.24) is 19.9 Å². The van der Waals surface area contributed by atoms with Crippen LogP contribution in [0.15, 0.2) is 10.6 Å². The van der Waals surface area contributed by atoms with E-state index in [9.17, 15) is 0 Å². The summed E-state index contributed by atoms with van der Waals surface area (Å²) in [4.78, 5) is 4.40. The van der Waals surface area contributed by atoms with Gasteiger partial charge in [-0.15, -0.1) is 0 Å². The fraction of sp³-hybridized carbons (Fsp3) is 0.643. The van der Waals surface area contributed by atoms with Crippen molar-refractivity contribution >= 4 is 0 Å². The Morgan fingerprint density at radius 3 is 2.81 bits per heavy atom. The molecule has 0 amide bonds. The molecule has 1 atom stereocenters. The van der Waals surface area contributed by atoms with Crippen LogP contribution in [0.1, 0.15) is 38.7 Å². The Balaban J connectivity index is 2.18. The molecular formula is C14H23N5O2. The van der Waals surface area contributed by atoms with Crippen LogP contribution in [0.4, 0.5) is 0 Å². The molecule has 1 unspecified atom stereocenters. The molecule has 0 bridgehead atoms. The lowest BCUT2D eigenvalue weighted by Crippen LogP contribution is -2.39. The largest absolute Gasteiger partial charge is 0.379 e. The molecule has 0 saturated heterocycles. The van der Waals surface area contributed by atoms with E-state index in [2.05, 4.69) is 15.2 Å². The van der Waals surface area contributed by atoms with Crippen LogP contribution < -0.4 is 5.73 Å². The van der Waals surface area contributed by atoms with Gasteiger partial charge in [0.2, 0.25) is 0 Å². The Kier molecular flexibility index (Phi) is 4.74. The van der Waals surface area contributed by atoms with E-state index in [1.807, 2.05) is 33.9 Å². The van der Waals surface area contributed by atoms with Crippen LogP contribution in [-0.4, -0.2) is 33.1 Å². The fourth-order valence-corrected chi connectivity index (χ4v) is 1.95. The van der Waals surface area contributed by atoms with E-state index in [-0.39, 0.29) is 0 Å². The number of nitrogens with zero attached hydrogens (tertiary/aromatic N) is 4. The van der Waals surface area contributed by atoms with Gasteiger partial charge in [-0.3, -0.25) is 4.68 Å². The third-order valence-corrected chi connectivity index (χ3v) is 3.20. The molecule has 7 nitrogen and oxygen atoms in total. The normalized spacial score (nSPS) is 14.3. The average Bonchev–Trinajstić information content (AvgIpc) is 3.05. The van der Waals surface area contributed by atoms with Gasteiger partial charge in [0.25, 0.3) is 5.89 Å². The molecule has 0 radical (unpaired) electrons. The highest BCUT2D eigenvalue weighted by Gasteiger charge is 2.28. The van der Waals surface area contributed by atoms with Crippen LogP contribution >= 0.6 is 0 Å². The number of ether oxygens (including phenoxy) is 1. The molecule has 7 heteroatoms. The first-order valence-electron chi connectivity index (χ1n) is 7.22. The third-order valence-electron chi connectivity index (χ3n) is 3.20. The molecular weight excluding hydrogens is 270 g/mol. The van der Waals surface area contributed by atoms with Crippen LogP contribution in [0.25, 0.3) is 11.6 Å². The first-order valence-corrected chi connectivity index (χ1v) is 7.22. The van der Waals surface area contributed by atoms with Crippen molar-refractivity contribution in [3.05, 3.63) is 17.6 Å². The second kappa shape index (κ2) is 6.36. The van der Waals surface area contributed by atoms with E-state index < -0.39 is 5.54 Å². The zero-order valence-corrected chi connectivity index (χ0v) is 13.1. The van der Waals surface area contributed by atoms with Crippen molar-refractivity contribution in [2.75, 3.05) is 13.2 Å². The van der Waals surface area contributed by atoms with E-state index in [1.165, 1.54) is 0 Å². The topological polar surface area (TPSA) is 92.0 Å². The molecule has 0 aromatic carbocycles. The first kappa shape index (κ1) is 15.7. The summed E-state index contributed by atoms with van der Waals surface area (Å²) in [6.45, 7) is 6.95. The lowest BCUT2D eigenvalue weighted by atomic mass is 10.1. The van der Waals surface area contributed by atoms with Crippen molar-refractivity contribution in [1.29, 1.82) is 0 Å². The summed E-state index contributed by atoms with van der Waals surface area (Å²) in [6.07, 6.45) is 1.80. The number of hydrogen-bond donors (Lipinski definition) is 1. The Morgan fingerprint density at radius 2 is 2.19 bits per heavy atom. The van der Waals surface area contributed by atoms with Crippen molar-refractivity contribution in [3.8, 4) is 11.6 Å². The van der Waals surface area contributed by atoms with Crippen molar-refractivity contribution in [3.63, 3.8) is 0 Å². The van der Waals surface area contributed by atoms with Crippen LogP contribution in [0.3, 0.4) is 0 Å². The molecule has 2 rings (SSSR count). The van der Waals surface area contributed by atoms with Crippen LogP contribution in [0.5, 0.6) is 0 Å². The highest BCUT2D eigenvalue weighted by Crippen LogP contribution is 2.22. The van der Waals surface area contributed by atoms with Crippen molar-refractivity contribution in [2.45, 2.75) is 39.2 Å². The Bertz CT molecular complexity index is 588. The predicted molar refractivity (Wildman–Crippen MR) is 78.5 cm³/mol. The molecule has 0 saturated carbocycles. The minimum Gasteiger partial charge on any atom is -0.379 e. The monoisotopic (exact) mass is 293 g/mol. The summed E-state index contributed by atoms with van der Waals surface area (Å²) in [5.41, 5.74) is 7.20. The van der Waals surface area contributed by atoms with E-state index in [1.54, 1.807) is 4.68 Å². The number of nitrogens with two attached hydrogens (primary N) is 1. The second-order valence-corrected chi connectivity index (χ2v) is 5.39. The third kappa shape index (κ3) is 3.48. The standard InChI is InChI=1S/C14H23N5O2/c1-5-7-20-9-14(3,15)13-16-12(21-18-13)11-8-10(6-2)17-19(11)4/h8H,5-7,9,15H2,1-4H3. The van der Waals surface area contributed by atoms with E-state index in [0.29, 0.717) is 24.9 Å². The Labute approximate surface area is 124 Å². The van der Waals surface area contributed by atoms with Crippen molar-refractivity contribution in [2.24, 2.45) is 12.8 Å². The van der Waals surface area contributed by atoms with Gasteiger partial charge in [0.05, 0.1) is 12.3 Å². The van der Waals surface area contributed by atoms with Gasteiger partial charge in [0, 0.05) is 13.7 Å². The number of aryl methyl sites for hydroxylation is 2. The number of hydrogen-bond acceptors (Lipinski definition) is 6. The van der Waals surface area contributed by atoms with Crippen LogP contribution in [0, 0.1) is 0 Å². The summed E-state index contributed by atoms with van der Waals surface area (Å²) in [5, 5.41) is 8.36. The lowest BCUT2D eigenvalue weighted by molar-refractivity contribution is 0.0867. The average molecular weight is 293 g/mol. The summed E-state index contributed by atoms with van der Waals surface area (Å²) in [7, 11) is 1.85.